The highest BCUT2D eigenvalue weighted by molar-refractivity contribution is 6.45. The van der Waals surface area contributed by atoms with Crippen LogP contribution in [0.1, 0.15) is 11.1 Å². The lowest BCUT2D eigenvalue weighted by Crippen LogP contribution is -2.34. The first-order valence-corrected chi connectivity index (χ1v) is 10.7. The number of likely N-dealkylation sites (N-methyl/N-ethyl adjacent to an activating group) is 1. The van der Waals surface area contributed by atoms with Gasteiger partial charge >= 0.3 is 0 Å². The van der Waals surface area contributed by atoms with Crippen LogP contribution >= 0.6 is 0 Å². The summed E-state index contributed by atoms with van der Waals surface area (Å²) in [5, 5.41) is 0. The second-order valence-electron chi connectivity index (χ2n) is 7.75. The fourth-order valence-electron chi connectivity index (χ4n) is 4.09. The van der Waals surface area contributed by atoms with Crippen molar-refractivity contribution in [1.82, 2.24) is 4.90 Å². The molecule has 2 amide bonds. The van der Waals surface area contributed by atoms with Gasteiger partial charge in [-0.05, 0) is 35.4 Å². The minimum Gasteiger partial charge on any atom is -0.495 e. The number of carbonyl (C=O) groups excluding carboxylic acids is 2. The first-order valence-electron chi connectivity index (χ1n) is 10.7. The Labute approximate surface area is 198 Å². The van der Waals surface area contributed by atoms with Gasteiger partial charge in [0.05, 0.1) is 32.6 Å². The predicted molar refractivity (Wildman–Crippen MR) is 130 cm³/mol. The number of amides is 2. The van der Waals surface area contributed by atoms with E-state index < -0.39 is 11.8 Å². The molecule has 4 rings (SSSR count). The number of carbonyl (C=O) groups is 2. The maximum Gasteiger partial charge on any atom is 0.282 e. The number of anilines is 1. The Kier molecular flexibility index (Phi) is 6.54. The number of hydrogen-bond acceptors (Lipinski definition) is 6. The van der Waals surface area contributed by atoms with Crippen LogP contribution in [0.5, 0.6) is 17.2 Å². The first kappa shape index (κ1) is 22.9. The maximum absolute atomic E-state index is 13.8. The van der Waals surface area contributed by atoms with E-state index in [9.17, 15) is 9.59 Å². The number of methoxy groups -OCH3 is 3. The molecule has 1 aliphatic heterocycles. The number of rotatable bonds is 8. The molecule has 0 N–H and O–H groups in total. The van der Waals surface area contributed by atoms with E-state index in [0.717, 1.165) is 5.56 Å². The molecule has 174 valence electrons. The molecule has 0 saturated heterocycles. The van der Waals surface area contributed by atoms with Crippen molar-refractivity contribution in [2.75, 3.05) is 33.3 Å². The maximum atomic E-state index is 13.8. The van der Waals surface area contributed by atoms with Crippen molar-refractivity contribution in [2.45, 2.75) is 6.54 Å². The summed E-state index contributed by atoms with van der Waals surface area (Å²) < 4.78 is 16.2. The lowest BCUT2D eigenvalue weighted by molar-refractivity contribution is -0.120. The van der Waals surface area contributed by atoms with Crippen molar-refractivity contribution in [3.05, 3.63) is 89.6 Å². The van der Waals surface area contributed by atoms with E-state index in [4.69, 9.17) is 14.2 Å². The highest BCUT2D eigenvalue weighted by atomic mass is 16.5. The molecular formula is C27H26N2O5. The molecule has 0 spiro atoms. The Balaban J connectivity index is 1.86. The van der Waals surface area contributed by atoms with E-state index in [-0.39, 0.29) is 5.57 Å². The van der Waals surface area contributed by atoms with Gasteiger partial charge in [-0.1, -0.05) is 48.5 Å². The normalized spacial score (nSPS) is 13.4. The molecule has 0 aromatic heterocycles. The van der Waals surface area contributed by atoms with Crippen molar-refractivity contribution in [3.8, 4) is 17.2 Å². The zero-order valence-electron chi connectivity index (χ0n) is 19.6. The summed E-state index contributed by atoms with van der Waals surface area (Å²) in [4.78, 5) is 30.5. The van der Waals surface area contributed by atoms with Gasteiger partial charge in [-0.15, -0.1) is 0 Å². The predicted octanol–water partition coefficient (Wildman–Crippen LogP) is 4.13. The summed E-state index contributed by atoms with van der Waals surface area (Å²) in [7, 11) is 6.39. The number of nitrogens with zero attached hydrogens (tertiary/aromatic N) is 2. The summed E-state index contributed by atoms with van der Waals surface area (Å²) in [6.07, 6.45) is 0. The van der Waals surface area contributed by atoms with Crippen LogP contribution in [0.15, 0.2) is 78.5 Å². The molecular weight excluding hydrogens is 432 g/mol. The zero-order chi connectivity index (χ0) is 24.2. The molecule has 3 aromatic rings. The molecule has 1 aliphatic rings. The van der Waals surface area contributed by atoms with Crippen molar-refractivity contribution in [3.63, 3.8) is 0 Å². The minimum atomic E-state index is -0.434. The largest absolute Gasteiger partial charge is 0.495 e. The highest BCUT2D eigenvalue weighted by Gasteiger charge is 2.43. The van der Waals surface area contributed by atoms with E-state index in [1.54, 1.807) is 61.5 Å². The van der Waals surface area contributed by atoms with Crippen molar-refractivity contribution in [2.24, 2.45) is 0 Å². The van der Waals surface area contributed by atoms with Crippen LogP contribution in [0.4, 0.5) is 5.69 Å². The number of imide groups is 1. The summed E-state index contributed by atoms with van der Waals surface area (Å²) in [6, 6.07) is 21.9. The lowest BCUT2D eigenvalue weighted by Gasteiger charge is -2.22. The Hall–Kier alpha value is -4.26. The molecule has 0 atom stereocenters. The lowest BCUT2D eigenvalue weighted by atomic mass is 10.0. The van der Waals surface area contributed by atoms with Gasteiger partial charge in [-0.25, -0.2) is 4.90 Å². The number of para-hydroxylation sites is 2. The Bertz CT molecular complexity index is 1250. The highest BCUT2D eigenvalue weighted by Crippen LogP contribution is 2.40. The van der Waals surface area contributed by atoms with Crippen LogP contribution in [0.25, 0.3) is 5.57 Å². The smallest absolute Gasteiger partial charge is 0.282 e. The molecule has 1 heterocycles. The fraction of sp³-hybridized carbons (Fsp3) is 0.185. The van der Waals surface area contributed by atoms with Crippen LogP contribution in [0.2, 0.25) is 0 Å². The van der Waals surface area contributed by atoms with Gasteiger partial charge in [0, 0.05) is 13.6 Å². The van der Waals surface area contributed by atoms with Crippen LogP contribution in [0.3, 0.4) is 0 Å². The Morgan fingerprint density at radius 3 is 2.06 bits per heavy atom. The van der Waals surface area contributed by atoms with Crippen LogP contribution in [-0.4, -0.2) is 45.1 Å². The third-order valence-electron chi connectivity index (χ3n) is 5.70. The van der Waals surface area contributed by atoms with Crippen molar-refractivity contribution in [1.29, 1.82) is 0 Å². The van der Waals surface area contributed by atoms with Gasteiger partial charge in [0.1, 0.15) is 11.4 Å². The fourth-order valence-corrected chi connectivity index (χ4v) is 4.09. The molecule has 0 unspecified atom stereocenters. The Morgan fingerprint density at radius 2 is 1.38 bits per heavy atom. The molecule has 0 bridgehead atoms. The molecule has 7 heteroatoms. The molecule has 0 fully saturated rings. The second kappa shape index (κ2) is 9.70. The van der Waals surface area contributed by atoms with E-state index in [2.05, 4.69) is 0 Å². The Morgan fingerprint density at radius 1 is 0.735 bits per heavy atom. The van der Waals surface area contributed by atoms with Crippen LogP contribution < -0.4 is 19.1 Å². The van der Waals surface area contributed by atoms with Crippen molar-refractivity contribution < 1.29 is 23.8 Å². The van der Waals surface area contributed by atoms with Gasteiger partial charge in [0.2, 0.25) is 0 Å². The van der Waals surface area contributed by atoms with Gasteiger partial charge in [-0.3, -0.25) is 9.59 Å². The monoisotopic (exact) mass is 458 g/mol. The number of hydrogen-bond donors (Lipinski definition) is 0. The number of ether oxygens (including phenoxy) is 3. The quantitative estimate of drug-likeness (QED) is 0.473. The van der Waals surface area contributed by atoms with Crippen molar-refractivity contribution >= 4 is 23.1 Å². The molecule has 7 nitrogen and oxygen atoms in total. The molecule has 0 radical (unpaired) electrons. The SMILES string of the molecule is COc1ccc(C2=C(N(C)Cc3ccccc3)C(=O)N(c3ccccc3OC)C2=O)cc1OC. The molecule has 3 aromatic carbocycles. The third-order valence-corrected chi connectivity index (χ3v) is 5.70. The number of benzene rings is 3. The van der Waals surface area contributed by atoms with Gasteiger partial charge in [-0.2, -0.15) is 0 Å². The average molecular weight is 459 g/mol. The summed E-state index contributed by atoms with van der Waals surface area (Å²) in [5.41, 5.74) is 2.55. The summed E-state index contributed by atoms with van der Waals surface area (Å²) in [5.74, 6) is 0.579. The van der Waals surface area contributed by atoms with E-state index in [1.165, 1.54) is 19.1 Å². The second-order valence-corrected chi connectivity index (χ2v) is 7.75. The van der Waals surface area contributed by atoms with Gasteiger partial charge in [0.25, 0.3) is 11.8 Å². The molecule has 0 saturated carbocycles. The molecule has 34 heavy (non-hydrogen) atoms. The topological polar surface area (TPSA) is 68.3 Å². The summed E-state index contributed by atoms with van der Waals surface area (Å²) >= 11 is 0. The van der Waals surface area contributed by atoms with E-state index in [0.29, 0.717) is 40.7 Å². The van der Waals surface area contributed by atoms with Gasteiger partial charge in [0.15, 0.2) is 11.5 Å². The summed E-state index contributed by atoms with van der Waals surface area (Å²) in [6.45, 7) is 0.450. The zero-order valence-corrected chi connectivity index (χ0v) is 19.6. The van der Waals surface area contributed by atoms with E-state index in [1.807, 2.05) is 30.3 Å². The minimum absolute atomic E-state index is 0.287. The van der Waals surface area contributed by atoms with Crippen LogP contribution in [0, 0.1) is 0 Å². The van der Waals surface area contributed by atoms with E-state index >= 15 is 0 Å². The molecule has 0 aliphatic carbocycles. The van der Waals surface area contributed by atoms with Crippen LogP contribution in [-0.2, 0) is 16.1 Å². The average Bonchev–Trinajstić information content (AvgIpc) is 3.13. The third kappa shape index (κ3) is 4.08. The standard InChI is InChI=1S/C27H26N2O5/c1-28(17-18-10-6-5-7-11-18)25-24(19-14-15-22(33-3)23(16-19)34-4)26(30)29(27(25)31)20-12-8-9-13-21(20)32-2/h5-16H,17H2,1-4H3. The first-order chi connectivity index (χ1) is 16.5. The van der Waals surface area contributed by atoms with Gasteiger partial charge < -0.3 is 19.1 Å².